The standard InChI is InChI=1S/C11H19ClO2/c12-8-11(5-7-13-9-11)4-3-10-2-1-6-14-10/h10H,1-9H2. The number of ether oxygens (including phenoxy) is 2. The summed E-state index contributed by atoms with van der Waals surface area (Å²) in [5.41, 5.74) is 0.257. The maximum Gasteiger partial charge on any atom is 0.0576 e. The first kappa shape index (κ1) is 10.7. The fourth-order valence-corrected chi connectivity index (χ4v) is 2.70. The quantitative estimate of drug-likeness (QED) is 0.676. The van der Waals surface area contributed by atoms with E-state index in [1.54, 1.807) is 0 Å². The van der Waals surface area contributed by atoms with Crippen molar-refractivity contribution in [2.45, 2.75) is 38.2 Å². The van der Waals surface area contributed by atoms with Crippen LogP contribution < -0.4 is 0 Å². The van der Waals surface area contributed by atoms with Gasteiger partial charge in [-0.15, -0.1) is 11.6 Å². The molecule has 0 saturated carbocycles. The summed E-state index contributed by atoms with van der Waals surface area (Å²) >= 11 is 6.03. The number of alkyl halides is 1. The Kier molecular flexibility index (Phi) is 3.69. The minimum Gasteiger partial charge on any atom is -0.381 e. The molecule has 0 aromatic rings. The molecule has 2 heterocycles. The highest BCUT2D eigenvalue weighted by molar-refractivity contribution is 6.18. The van der Waals surface area contributed by atoms with Crippen molar-refractivity contribution in [1.82, 2.24) is 0 Å². The lowest BCUT2D eigenvalue weighted by molar-refractivity contribution is 0.0855. The van der Waals surface area contributed by atoms with Crippen LogP contribution in [0.1, 0.15) is 32.1 Å². The molecule has 2 unspecified atom stereocenters. The Morgan fingerprint density at radius 3 is 2.86 bits per heavy atom. The second kappa shape index (κ2) is 4.82. The van der Waals surface area contributed by atoms with E-state index in [9.17, 15) is 0 Å². The molecular weight excluding hydrogens is 200 g/mol. The number of halogens is 1. The van der Waals surface area contributed by atoms with Crippen molar-refractivity contribution >= 4 is 11.6 Å². The fraction of sp³-hybridized carbons (Fsp3) is 1.00. The molecule has 14 heavy (non-hydrogen) atoms. The van der Waals surface area contributed by atoms with E-state index < -0.39 is 0 Å². The van der Waals surface area contributed by atoms with Gasteiger partial charge < -0.3 is 9.47 Å². The largest absolute Gasteiger partial charge is 0.381 e. The van der Waals surface area contributed by atoms with Crippen molar-refractivity contribution in [1.29, 1.82) is 0 Å². The number of hydrogen-bond acceptors (Lipinski definition) is 2. The van der Waals surface area contributed by atoms with Crippen molar-refractivity contribution in [3.63, 3.8) is 0 Å². The molecule has 0 radical (unpaired) electrons. The van der Waals surface area contributed by atoms with Gasteiger partial charge in [-0.25, -0.2) is 0 Å². The Balaban J connectivity index is 1.76. The molecule has 0 spiro atoms. The zero-order valence-electron chi connectivity index (χ0n) is 8.64. The van der Waals surface area contributed by atoms with E-state index in [1.165, 1.54) is 19.3 Å². The Labute approximate surface area is 90.9 Å². The van der Waals surface area contributed by atoms with E-state index >= 15 is 0 Å². The molecule has 2 saturated heterocycles. The van der Waals surface area contributed by atoms with Crippen molar-refractivity contribution in [2.75, 3.05) is 25.7 Å². The van der Waals surface area contributed by atoms with E-state index in [0.29, 0.717) is 6.10 Å². The van der Waals surface area contributed by atoms with Crippen LogP contribution >= 0.6 is 11.6 Å². The predicted molar refractivity (Wildman–Crippen MR) is 56.8 cm³/mol. The normalized spacial score (nSPS) is 37.9. The van der Waals surface area contributed by atoms with Gasteiger partial charge in [-0.2, -0.15) is 0 Å². The van der Waals surface area contributed by atoms with Gasteiger partial charge in [0.15, 0.2) is 0 Å². The van der Waals surface area contributed by atoms with Crippen molar-refractivity contribution in [3.05, 3.63) is 0 Å². The van der Waals surface area contributed by atoms with Gasteiger partial charge in [-0.3, -0.25) is 0 Å². The topological polar surface area (TPSA) is 18.5 Å². The second-order valence-corrected chi connectivity index (χ2v) is 4.88. The summed E-state index contributed by atoms with van der Waals surface area (Å²) in [5.74, 6) is 0.736. The van der Waals surface area contributed by atoms with Gasteiger partial charge in [0.25, 0.3) is 0 Å². The monoisotopic (exact) mass is 218 g/mol. The highest BCUT2D eigenvalue weighted by Gasteiger charge is 2.34. The molecular formula is C11H19ClO2. The summed E-state index contributed by atoms with van der Waals surface area (Å²) < 4.78 is 11.1. The van der Waals surface area contributed by atoms with Crippen LogP contribution in [0.15, 0.2) is 0 Å². The Hall–Kier alpha value is 0.210. The third kappa shape index (κ3) is 2.41. The van der Waals surface area contributed by atoms with E-state index in [0.717, 1.165) is 38.5 Å². The lowest BCUT2D eigenvalue weighted by Crippen LogP contribution is -2.25. The highest BCUT2D eigenvalue weighted by atomic mass is 35.5. The number of rotatable bonds is 4. The summed E-state index contributed by atoms with van der Waals surface area (Å²) in [6.45, 7) is 2.69. The highest BCUT2D eigenvalue weighted by Crippen LogP contribution is 2.36. The van der Waals surface area contributed by atoms with Crippen molar-refractivity contribution in [2.24, 2.45) is 5.41 Å². The molecule has 2 nitrogen and oxygen atoms in total. The summed E-state index contributed by atoms with van der Waals surface area (Å²) in [5, 5.41) is 0. The van der Waals surface area contributed by atoms with Gasteiger partial charge in [-0.05, 0) is 32.1 Å². The van der Waals surface area contributed by atoms with Crippen LogP contribution in [0.4, 0.5) is 0 Å². The van der Waals surface area contributed by atoms with Gasteiger partial charge in [0, 0.05) is 24.5 Å². The van der Waals surface area contributed by atoms with Crippen LogP contribution in [0.3, 0.4) is 0 Å². The first-order chi connectivity index (χ1) is 6.85. The summed E-state index contributed by atoms with van der Waals surface area (Å²) in [6, 6.07) is 0. The molecule has 2 aliphatic rings. The molecule has 0 N–H and O–H groups in total. The fourth-order valence-electron chi connectivity index (χ4n) is 2.36. The molecule has 0 aliphatic carbocycles. The van der Waals surface area contributed by atoms with Crippen molar-refractivity contribution < 1.29 is 9.47 Å². The molecule has 0 amide bonds. The van der Waals surface area contributed by atoms with Gasteiger partial charge in [0.05, 0.1) is 12.7 Å². The molecule has 82 valence electrons. The Bertz CT molecular complexity index is 172. The van der Waals surface area contributed by atoms with Gasteiger partial charge >= 0.3 is 0 Å². The molecule has 2 rings (SSSR count). The summed E-state index contributed by atoms with van der Waals surface area (Å²) in [4.78, 5) is 0. The van der Waals surface area contributed by atoms with Gasteiger partial charge in [-0.1, -0.05) is 0 Å². The zero-order valence-corrected chi connectivity index (χ0v) is 9.39. The third-order valence-corrected chi connectivity index (χ3v) is 4.06. The van der Waals surface area contributed by atoms with Crippen molar-refractivity contribution in [3.8, 4) is 0 Å². The first-order valence-corrected chi connectivity index (χ1v) is 6.13. The molecule has 2 atom stereocenters. The van der Waals surface area contributed by atoms with Gasteiger partial charge in [0.1, 0.15) is 0 Å². The lowest BCUT2D eigenvalue weighted by atomic mass is 9.83. The summed E-state index contributed by atoms with van der Waals surface area (Å²) in [7, 11) is 0. The molecule has 0 bridgehead atoms. The van der Waals surface area contributed by atoms with E-state index in [4.69, 9.17) is 21.1 Å². The minimum atomic E-state index is 0.257. The minimum absolute atomic E-state index is 0.257. The van der Waals surface area contributed by atoms with Crippen LogP contribution in [0.2, 0.25) is 0 Å². The van der Waals surface area contributed by atoms with Gasteiger partial charge in [0.2, 0.25) is 0 Å². The van der Waals surface area contributed by atoms with E-state index in [2.05, 4.69) is 0 Å². The molecule has 3 heteroatoms. The molecule has 2 fully saturated rings. The maximum absolute atomic E-state index is 6.03. The Morgan fingerprint density at radius 1 is 1.36 bits per heavy atom. The first-order valence-electron chi connectivity index (χ1n) is 5.60. The lowest BCUT2D eigenvalue weighted by Gasteiger charge is -2.25. The van der Waals surface area contributed by atoms with Crippen LogP contribution in [-0.4, -0.2) is 31.8 Å². The molecule has 0 aromatic heterocycles. The third-order valence-electron chi connectivity index (χ3n) is 3.49. The predicted octanol–water partition coefficient (Wildman–Crippen LogP) is 2.59. The average molecular weight is 219 g/mol. The van der Waals surface area contributed by atoms with Crippen LogP contribution in [-0.2, 0) is 9.47 Å². The SMILES string of the molecule is ClCC1(CCC2CCCO2)CCOC1. The smallest absolute Gasteiger partial charge is 0.0576 e. The van der Waals surface area contributed by atoms with Crippen LogP contribution in [0.5, 0.6) is 0 Å². The van der Waals surface area contributed by atoms with E-state index in [1.807, 2.05) is 0 Å². The van der Waals surface area contributed by atoms with E-state index in [-0.39, 0.29) is 5.41 Å². The molecule has 0 aromatic carbocycles. The zero-order chi connectivity index (χ0) is 9.86. The number of hydrogen-bond donors (Lipinski definition) is 0. The maximum atomic E-state index is 6.03. The van der Waals surface area contributed by atoms with Crippen LogP contribution in [0.25, 0.3) is 0 Å². The molecule has 2 aliphatic heterocycles. The average Bonchev–Trinajstić information content (AvgIpc) is 2.87. The Morgan fingerprint density at radius 2 is 2.29 bits per heavy atom. The van der Waals surface area contributed by atoms with Crippen LogP contribution in [0, 0.1) is 5.41 Å². The second-order valence-electron chi connectivity index (χ2n) is 4.61. The summed E-state index contributed by atoms with van der Waals surface area (Å²) in [6.07, 6.45) is 6.42.